The predicted octanol–water partition coefficient (Wildman–Crippen LogP) is 3.62. The summed E-state index contributed by atoms with van der Waals surface area (Å²) in [6.07, 6.45) is 0. The van der Waals surface area contributed by atoms with Crippen LogP contribution in [0.3, 0.4) is 0 Å². The molecule has 1 atom stereocenters. The molecule has 2 aromatic rings. The highest BCUT2D eigenvalue weighted by molar-refractivity contribution is 5.84. The molecule has 0 saturated carbocycles. The number of primary amides is 1. The number of carbonyl (C=O) groups excluding carboxylic acids is 1. The minimum absolute atomic E-state index is 0.0909. The Balaban J connectivity index is 2.25. The smallest absolute Gasteiger partial charge is 0.244 e. The Morgan fingerprint density at radius 3 is 2.05 bits per heavy atom. The summed E-state index contributed by atoms with van der Waals surface area (Å²) < 4.78 is 0. The van der Waals surface area contributed by atoms with Crippen LogP contribution in [0.15, 0.2) is 54.6 Å². The van der Waals surface area contributed by atoms with Gasteiger partial charge in [-0.2, -0.15) is 0 Å². The van der Waals surface area contributed by atoms with E-state index in [1.165, 1.54) is 5.56 Å². The molecule has 0 bridgehead atoms. The van der Waals surface area contributed by atoms with Crippen molar-refractivity contribution in [1.82, 2.24) is 0 Å². The van der Waals surface area contributed by atoms with Gasteiger partial charge in [0.05, 0.1) is 0 Å². The van der Waals surface area contributed by atoms with Gasteiger partial charge in [0, 0.05) is 5.69 Å². The Bertz CT molecular complexity index is 597. The first-order valence-electron chi connectivity index (χ1n) is 7.09. The van der Waals surface area contributed by atoms with Crippen LogP contribution in [0, 0.1) is 0 Å². The highest BCUT2D eigenvalue weighted by Gasteiger charge is 2.19. The number of hydrogen-bond donors (Lipinski definition) is 2. The third-order valence-corrected chi connectivity index (χ3v) is 3.48. The van der Waals surface area contributed by atoms with Crippen LogP contribution in [0.25, 0.3) is 0 Å². The van der Waals surface area contributed by atoms with E-state index in [9.17, 15) is 4.79 Å². The van der Waals surface area contributed by atoms with E-state index in [0.29, 0.717) is 0 Å². The Morgan fingerprint density at radius 2 is 1.57 bits per heavy atom. The zero-order chi connectivity index (χ0) is 15.5. The van der Waals surface area contributed by atoms with Crippen LogP contribution in [0.2, 0.25) is 0 Å². The minimum Gasteiger partial charge on any atom is -0.370 e. The fourth-order valence-electron chi connectivity index (χ4n) is 2.20. The molecule has 3 N–H and O–H groups in total. The first-order chi connectivity index (χ1) is 9.88. The molecular formula is C18H22N2O. The monoisotopic (exact) mass is 282 g/mol. The molecule has 2 aromatic carbocycles. The van der Waals surface area contributed by atoms with Crippen molar-refractivity contribution in [2.45, 2.75) is 32.2 Å². The molecule has 0 aromatic heterocycles. The first kappa shape index (κ1) is 15.1. The van der Waals surface area contributed by atoms with E-state index < -0.39 is 6.04 Å². The van der Waals surface area contributed by atoms with Crippen molar-refractivity contribution < 1.29 is 4.79 Å². The molecule has 3 heteroatoms. The van der Waals surface area contributed by atoms with Gasteiger partial charge >= 0.3 is 0 Å². The van der Waals surface area contributed by atoms with Gasteiger partial charge in [0.15, 0.2) is 0 Å². The fourth-order valence-corrected chi connectivity index (χ4v) is 2.20. The molecular weight excluding hydrogens is 260 g/mol. The van der Waals surface area contributed by atoms with E-state index in [1.54, 1.807) is 0 Å². The van der Waals surface area contributed by atoms with E-state index in [4.69, 9.17) is 5.73 Å². The third-order valence-electron chi connectivity index (χ3n) is 3.48. The Hall–Kier alpha value is -2.29. The van der Waals surface area contributed by atoms with Gasteiger partial charge in [-0.25, -0.2) is 0 Å². The van der Waals surface area contributed by atoms with Gasteiger partial charge in [0.2, 0.25) is 5.91 Å². The van der Waals surface area contributed by atoms with Crippen LogP contribution in [0.4, 0.5) is 5.69 Å². The number of rotatable bonds is 4. The molecule has 0 saturated heterocycles. The van der Waals surface area contributed by atoms with E-state index in [2.05, 4.69) is 38.2 Å². The van der Waals surface area contributed by atoms with E-state index in [1.807, 2.05) is 42.5 Å². The molecule has 21 heavy (non-hydrogen) atoms. The standard InChI is InChI=1S/C18H22N2O/c1-18(2,3)14-11-9-13(10-12-14)16(17(19)21)20-15-7-5-4-6-8-15/h4-12,16,20H,1-3H3,(H2,19,21). The topological polar surface area (TPSA) is 55.1 Å². The molecule has 0 radical (unpaired) electrons. The number of hydrogen-bond acceptors (Lipinski definition) is 2. The average Bonchev–Trinajstić information content (AvgIpc) is 2.45. The summed E-state index contributed by atoms with van der Waals surface area (Å²) in [6.45, 7) is 6.49. The normalized spacial score (nSPS) is 12.7. The number of amides is 1. The minimum atomic E-state index is -0.526. The number of para-hydroxylation sites is 1. The lowest BCUT2D eigenvalue weighted by molar-refractivity contribution is -0.118. The number of carbonyl (C=O) groups is 1. The molecule has 110 valence electrons. The van der Waals surface area contributed by atoms with Gasteiger partial charge in [-0.3, -0.25) is 4.79 Å². The van der Waals surface area contributed by atoms with Crippen LogP contribution in [-0.4, -0.2) is 5.91 Å². The summed E-state index contributed by atoms with van der Waals surface area (Å²) in [7, 11) is 0. The first-order valence-corrected chi connectivity index (χ1v) is 7.09. The zero-order valence-electron chi connectivity index (χ0n) is 12.8. The summed E-state index contributed by atoms with van der Waals surface area (Å²) in [5, 5.41) is 3.18. The van der Waals surface area contributed by atoms with Gasteiger partial charge in [-0.15, -0.1) is 0 Å². The molecule has 0 aliphatic rings. The number of benzene rings is 2. The maximum atomic E-state index is 11.7. The van der Waals surface area contributed by atoms with Crippen molar-refractivity contribution in [3.05, 3.63) is 65.7 Å². The van der Waals surface area contributed by atoms with Crippen molar-refractivity contribution in [2.75, 3.05) is 5.32 Å². The third kappa shape index (κ3) is 3.85. The second-order valence-corrected chi connectivity index (χ2v) is 6.22. The molecule has 0 spiro atoms. The van der Waals surface area contributed by atoms with Gasteiger partial charge in [0.25, 0.3) is 0 Å². The van der Waals surface area contributed by atoms with Gasteiger partial charge in [-0.1, -0.05) is 63.2 Å². The summed E-state index contributed by atoms with van der Waals surface area (Å²) >= 11 is 0. The Morgan fingerprint density at radius 1 is 1.00 bits per heavy atom. The molecule has 3 nitrogen and oxygen atoms in total. The molecule has 0 fully saturated rings. The van der Waals surface area contributed by atoms with Gasteiger partial charge in [-0.05, 0) is 28.7 Å². The highest BCUT2D eigenvalue weighted by Crippen LogP contribution is 2.25. The van der Waals surface area contributed by atoms with Crippen LogP contribution < -0.4 is 11.1 Å². The molecule has 0 aliphatic carbocycles. The number of nitrogens with two attached hydrogens (primary N) is 1. The second kappa shape index (κ2) is 6.00. The molecule has 0 heterocycles. The molecule has 2 rings (SSSR count). The number of nitrogens with one attached hydrogen (secondary N) is 1. The van der Waals surface area contributed by atoms with Crippen LogP contribution >= 0.6 is 0 Å². The maximum absolute atomic E-state index is 11.7. The van der Waals surface area contributed by atoms with E-state index >= 15 is 0 Å². The maximum Gasteiger partial charge on any atom is 0.244 e. The van der Waals surface area contributed by atoms with Crippen LogP contribution in [0.1, 0.15) is 37.9 Å². The number of anilines is 1. The molecule has 1 amide bonds. The average molecular weight is 282 g/mol. The van der Waals surface area contributed by atoms with Crippen molar-refractivity contribution in [3.8, 4) is 0 Å². The lowest BCUT2D eigenvalue weighted by atomic mass is 9.86. The van der Waals surface area contributed by atoms with Crippen molar-refractivity contribution in [1.29, 1.82) is 0 Å². The second-order valence-electron chi connectivity index (χ2n) is 6.22. The highest BCUT2D eigenvalue weighted by atomic mass is 16.1. The van der Waals surface area contributed by atoms with Crippen molar-refractivity contribution in [2.24, 2.45) is 5.73 Å². The van der Waals surface area contributed by atoms with Crippen LogP contribution in [0.5, 0.6) is 0 Å². The fraction of sp³-hybridized carbons (Fsp3) is 0.278. The quantitative estimate of drug-likeness (QED) is 0.899. The summed E-state index contributed by atoms with van der Waals surface area (Å²) in [4.78, 5) is 11.7. The summed E-state index contributed by atoms with van der Waals surface area (Å²) in [5.74, 6) is -0.387. The zero-order valence-corrected chi connectivity index (χ0v) is 12.8. The summed E-state index contributed by atoms with van der Waals surface area (Å²) in [5.41, 5.74) is 8.61. The predicted molar refractivity (Wildman–Crippen MR) is 87.1 cm³/mol. The Labute approximate surface area is 126 Å². The van der Waals surface area contributed by atoms with Gasteiger partial charge in [0.1, 0.15) is 6.04 Å². The SMILES string of the molecule is CC(C)(C)c1ccc(C(Nc2ccccc2)C(N)=O)cc1. The van der Waals surface area contributed by atoms with E-state index in [0.717, 1.165) is 11.3 Å². The van der Waals surface area contributed by atoms with Crippen molar-refractivity contribution >= 4 is 11.6 Å². The summed E-state index contributed by atoms with van der Waals surface area (Å²) in [6, 6.07) is 17.1. The van der Waals surface area contributed by atoms with Gasteiger partial charge < -0.3 is 11.1 Å². The van der Waals surface area contributed by atoms with Crippen molar-refractivity contribution in [3.63, 3.8) is 0 Å². The largest absolute Gasteiger partial charge is 0.370 e. The lowest BCUT2D eigenvalue weighted by Gasteiger charge is -2.21. The van der Waals surface area contributed by atoms with Crippen LogP contribution in [-0.2, 0) is 10.2 Å². The molecule has 0 aliphatic heterocycles. The lowest BCUT2D eigenvalue weighted by Crippen LogP contribution is -2.27. The molecule has 1 unspecified atom stereocenters. The van der Waals surface area contributed by atoms with E-state index in [-0.39, 0.29) is 11.3 Å². The Kier molecular flexibility index (Phi) is 4.32.